The molecule has 0 saturated heterocycles. The maximum Gasteiger partial charge on any atom is 0.189 e. The number of ether oxygens (including phenoxy) is 3. The van der Waals surface area contributed by atoms with Crippen molar-refractivity contribution in [1.82, 2.24) is 0 Å². The van der Waals surface area contributed by atoms with Gasteiger partial charge >= 0.3 is 0 Å². The van der Waals surface area contributed by atoms with E-state index >= 15 is 0 Å². The molecular weight excluding hydrogens is 340 g/mol. The number of rotatable bonds is 4. The SMILES string of the molecule is COc1ccc(C2(C(C#N)C#N)Oc3cccc4c(OC)ccc2c34)cc1. The lowest BCUT2D eigenvalue weighted by atomic mass is 9.76. The van der Waals surface area contributed by atoms with Crippen molar-refractivity contribution in [2.45, 2.75) is 5.60 Å². The average Bonchev–Trinajstić information content (AvgIpc) is 3.06. The van der Waals surface area contributed by atoms with Crippen LogP contribution in [0.4, 0.5) is 0 Å². The van der Waals surface area contributed by atoms with E-state index in [-0.39, 0.29) is 0 Å². The second-order valence-electron chi connectivity index (χ2n) is 6.25. The first-order chi connectivity index (χ1) is 13.2. The van der Waals surface area contributed by atoms with Crippen LogP contribution in [-0.4, -0.2) is 14.2 Å². The van der Waals surface area contributed by atoms with Crippen molar-refractivity contribution in [2.24, 2.45) is 5.92 Å². The molecule has 0 aromatic heterocycles. The Balaban J connectivity index is 2.05. The van der Waals surface area contributed by atoms with E-state index in [1.54, 1.807) is 26.4 Å². The summed E-state index contributed by atoms with van der Waals surface area (Å²) >= 11 is 0. The Morgan fingerprint density at radius 1 is 0.926 bits per heavy atom. The summed E-state index contributed by atoms with van der Waals surface area (Å²) in [6.45, 7) is 0. The molecule has 5 nitrogen and oxygen atoms in total. The molecule has 3 aromatic rings. The van der Waals surface area contributed by atoms with Crippen LogP contribution in [0.2, 0.25) is 0 Å². The van der Waals surface area contributed by atoms with Gasteiger partial charge < -0.3 is 14.2 Å². The van der Waals surface area contributed by atoms with Crippen LogP contribution in [0.15, 0.2) is 54.6 Å². The number of hydrogen-bond acceptors (Lipinski definition) is 5. The van der Waals surface area contributed by atoms with Gasteiger partial charge in [0.15, 0.2) is 11.5 Å². The molecular formula is C22H16N2O3. The monoisotopic (exact) mass is 356 g/mol. The van der Waals surface area contributed by atoms with E-state index in [4.69, 9.17) is 14.2 Å². The minimum absolute atomic E-state index is 0.632. The van der Waals surface area contributed by atoms with Gasteiger partial charge in [0.1, 0.15) is 17.2 Å². The highest BCUT2D eigenvalue weighted by molar-refractivity contribution is 5.98. The van der Waals surface area contributed by atoms with Crippen molar-refractivity contribution in [2.75, 3.05) is 14.2 Å². The third-order valence-electron chi connectivity index (χ3n) is 5.04. The number of methoxy groups -OCH3 is 2. The molecule has 1 aliphatic rings. The number of hydrogen-bond donors (Lipinski definition) is 0. The molecule has 4 rings (SSSR count). The second kappa shape index (κ2) is 6.23. The van der Waals surface area contributed by atoms with Crippen molar-refractivity contribution in [3.63, 3.8) is 0 Å². The molecule has 1 heterocycles. The van der Waals surface area contributed by atoms with E-state index < -0.39 is 11.5 Å². The second-order valence-corrected chi connectivity index (χ2v) is 6.25. The maximum atomic E-state index is 9.75. The fourth-order valence-electron chi connectivity index (χ4n) is 3.79. The van der Waals surface area contributed by atoms with Crippen molar-refractivity contribution in [3.8, 4) is 29.4 Å². The van der Waals surface area contributed by atoms with Gasteiger partial charge in [-0.25, -0.2) is 0 Å². The molecule has 1 atom stereocenters. The van der Waals surface area contributed by atoms with Crippen LogP contribution in [-0.2, 0) is 5.60 Å². The van der Waals surface area contributed by atoms with Gasteiger partial charge in [0.2, 0.25) is 0 Å². The van der Waals surface area contributed by atoms with Gasteiger partial charge in [0.05, 0.1) is 26.4 Å². The van der Waals surface area contributed by atoms with E-state index in [2.05, 4.69) is 12.1 Å². The molecule has 0 fully saturated rings. The first kappa shape index (κ1) is 16.8. The molecule has 0 aliphatic carbocycles. The first-order valence-electron chi connectivity index (χ1n) is 8.42. The summed E-state index contributed by atoms with van der Waals surface area (Å²) in [6.07, 6.45) is 0. The molecule has 3 aromatic carbocycles. The molecule has 1 aliphatic heterocycles. The summed E-state index contributed by atoms with van der Waals surface area (Å²) in [6, 6.07) is 20.9. The molecule has 0 spiro atoms. The Kier molecular flexibility index (Phi) is 3.86. The smallest absolute Gasteiger partial charge is 0.189 e. The normalized spacial score (nSPS) is 17.2. The summed E-state index contributed by atoms with van der Waals surface area (Å²) in [5, 5.41) is 21.2. The van der Waals surface area contributed by atoms with Gasteiger partial charge in [0, 0.05) is 21.9 Å². The van der Waals surface area contributed by atoms with Crippen LogP contribution in [0.25, 0.3) is 10.8 Å². The predicted octanol–water partition coefficient (Wildman–Crippen LogP) is 4.16. The predicted molar refractivity (Wildman–Crippen MR) is 99.6 cm³/mol. The molecule has 0 amide bonds. The highest BCUT2D eigenvalue weighted by Gasteiger charge is 2.51. The number of benzene rings is 3. The number of nitriles is 2. The van der Waals surface area contributed by atoms with Gasteiger partial charge in [0.25, 0.3) is 0 Å². The maximum absolute atomic E-state index is 9.75. The lowest BCUT2D eigenvalue weighted by molar-refractivity contribution is 0.104. The highest BCUT2D eigenvalue weighted by Crippen LogP contribution is 2.53. The Labute approximate surface area is 156 Å². The van der Waals surface area contributed by atoms with Crippen LogP contribution in [0.3, 0.4) is 0 Å². The molecule has 5 heteroatoms. The standard InChI is InChI=1S/C22H16N2O3/c1-25-16-8-6-14(7-9-16)22(15(12-23)13-24)18-10-11-19(26-2)17-4-3-5-20(27-22)21(17)18/h3-11,15H,1-2H3. The fourth-order valence-corrected chi connectivity index (χ4v) is 3.79. The van der Waals surface area contributed by atoms with Gasteiger partial charge in [-0.2, -0.15) is 10.5 Å². The molecule has 27 heavy (non-hydrogen) atoms. The average molecular weight is 356 g/mol. The minimum atomic E-state index is -1.22. The van der Waals surface area contributed by atoms with Crippen LogP contribution in [0.5, 0.6) is 17.2 Å². The quantitative estimate of drug-likeness (QED) is 0.702. The summed E-state index contributed by atoms with van der Waals surface area (Å²) in [7, 11) is 3.21. The zero-order chi connectivity index (χ0) is 19.0. The Morgan fingerprint density at radius 2 is 1.67 bits per heavy atom. The van der Waals surface area contributed by atoms with Gasteiger partial charge in [-0.3, -0.25) is 0 Å². The van der Waals surface area contributed by atoms with Crippen LogP contribution >= 0.6 is 0 Å². The zero-order valence-corrected chi connectivity index (χ0v) is 14.9. The van der Waals surface area contributed by atoms with Crippen LogP contribution in [0.1, 0.15) is 11.1 Å². The van der Waals surface area contributed by atoms with E-state index in [0.29, 0.717) is 11.5 Å². The lowest BCUT2D eigenvalue weighted by Gasteiger charge is -2.32. The topological polar surface area (TPSA) is 75.3 Å². The van der Waals surface area contributed by atoms with E-state index in [1.165, 1.54) is 0 Å². The molecule has 132 valence electrons. The van der Waals surface area contributed by atoms with Crippen LogP contribution < -0.4 is 14.2 Å². The lowest BCUT2D eigenvalue weighted by Crippen LogP contribution is -2.38. The third-order valence-corrected chi connectivity index (χ3v) is 5.04. The largest absolute Gasteiger partial charge is 0.497 e. The van der Waals surface area contributed by atoms with E-state index in [0.717, 1.165) is 27.6 Å². The summed E-state index contributed by atoms with van der Waals surface area (Å²) in [5.41, 5.74) is 0.287. The molecule has 0 radical (unpaired) electrons. The summed E-state index contributed by atoms with van der Waals surface area (Å²) in [4.78, 5) is 0. The molecule has 0 bridgehead atoms. The highest BCUT2D eigenvalue weighted by atomic mass is 16.5. The van der Waals surface area contributed by atoms with Gasteiger partial charge in [-0.1, -0.05) is 30.3 Å². The zero-order valence-electron chi connectivity index (χ0n) is 14.9. The molecule has 1 unspecified atom stereocenters. The Hall–Kier alpha value is -3.70. The van der Waals surface area contributed by atoms with Crippen molar-refractivity contribution < 1.29 is 14.2 Å². The van der Waals surface area contributed by atoms with E-state index in [1.807, 2.05) is 42.5 Å². The Morgan fingerprint density at radius 3 is 2.30 bits per heavy atom. The van der Waals surface area contributed by atoms with Crippen molar-refractivity contribution in [1.29, 1.82) is 10.5 Å². The summed E-state index contributed by atoms with van der Waals surface area (Å²) < 4.78 is 17.1. The fraction of sp³-hybridized carbons (Fsp3) is 0.182. The third kappa shape index (κ3) is 2.22. The summed E-state index contributed by atoms with van der Waals surface area (Å²) in [5.74, 6) is 1.01. The van der Waals surface area contributed by atoms with Gasteiger partial charge in [-0.05, 0) is 24.3 Å². The molecule has 0 N–H and O–H groups in total. The van der Waals surface area contributed by atoms with Gasteiger partial charge in [-0.15, -0.1) is 0 Å². The minimum Gasteiger partial charge on any atom is -0.497 e. The first-order valence-corrected chi connectivity index (χ1v) is 8.42. The number of nitrogens with zero attached hydrogens (tertiary/aromatic N) is 2. The Bertz CT molecular complexity index is 1100. The van der Waals surface area contributed by atoms with Crippen molar-refractivity contribution in [3.05, 3.63) is 65.7 Å². The van der Waals surface area contributed by atoms with Crippen molar-refractivity contribution >= 4 is 10.8 Å². The van der Waals surface area contributed by atoms with Crippen LogP contribution in [0, 0.1) is 28.6 Å². The molecule has 0 saturated carbocycles. The van der Waals surface area contributed by atoms with E-state index in [9.17, 15) is 10.5 Å².